The van der Waals surface area contributed by atoms with E-state index in [1.807, 2.05) is 0 Å². The molecule has 1 atom stereocenters. The number of hydrogen-bond donors (Lipinski definition) is 2. The summed E-state index contributed by atoms with van der Waals surface area (Å²) in [7, 11) is 0. The van der Waals surface area contributed by atoms with Gasteiger partial charge in [-0.15, -0.1) is 0 Å². The van der Waals surface area contributed by atoms with Gasteiger partial charge in [-0.25, -0.2) is 0 Å². The molecule has 0 bridgehead atoms. The molecule has 5 rings (SSSR count). The van der Waals surface area contributed by atoms with Crippen molar-refractivity contribution in [3.05, 3.63) is 105 Å². The maximum absolute atomic E-state index is 15.1. The third-order valence-electron chi connectivity index (χ3n) is 5.80. The molecule has 1 aliphatic rings. The van der Waals surface area contributed by atoms with Crippen LogP contribution >= 0.6 is 0 Å². The fourth-order valence-corrected chi connectivity index (χ4v) is 4.44. The molecule has 2 N–H and O–H groups in total. The number of aromatic nitrogens is 1. The number of rotatable bonds is 2. The minimum Gasteiger partial charge on any atom is -0.364 e. The second-order valence-corrected chi connectivity index (χ2v) is 7.53. The van der Waals surface area contributed by atoms with Crippen molar-refractivity contribution < 1.29 is 18.1 Å². The SMILES string of the molecule is O=[N+]([O-])c1ccc([C@]2(C(F)(F)F)Nc3ccccc3Cc3[nH]c4ccccc4c32)cc1. The van der Waals surface area contributed by atoms with Gasteiger partial charge in [-0.1, -0.05) is 36.4 Å². The van der Waals surface area contributed by atoms with Crippen molar-refractivity contribution in [1.82, 2.24) is 4.98 Å². The number of H-pyrrole nitrogens is 1. The molecular weight excluding hydrogens is 407 g/mol. The van der Waals surface area contributed by atoms with Crippen LogP contribution in [0.15, 0.2) is 72.8 Å². The number of halogens is 3. The van der Waals surface area contributed by atoms with Crippen LogP contribution in [0.3, 0.4) is 0 Å². The number of alkyl halides is 3. The fraction of sp³-hybridized carbons (Fsp3) is 0.130. The Morgan fingerprint density at radius 2 is 1.61 bits per heavy atom. The number of non-ortho nitro benzene ring substituents is 1. The average molecular weight is 423 g/mol. The number of anilines is 1. The molecule has 5 nitrogen and oxygen atoms in total. The Hall–Kier alpha value is -3.81. The zero-order valence-electron chi connectivity index (χ0n) is 16.0. The summed E-state index contributed by atoms with van der Waals surface area (Å²) in [5.41, 5.74) is -0.749. The third kappa shape index (κ3) is 2.78. The molecule has 0 saturated heterocycles. The number of aromatic amines is 1. The summed E-state index contributed by atoms with van der Waals surface area (Å²) in [4.78, 5) is 13.6. The zero-order valence-corrected chi connectivity index (χ0v) is 16.0. The van der Waals surface area contributed by atoms with E-state index in [1.165, 1.54) is 12.1 Å². The second-order valence-electron chi connectivity index (χ2n) is 7.53. The Morgan fingerprint density at radius 3 is 2.32 bits per heavy atom. The van der Waals surface area contributed by atoms with E-state index in [1.54, 1.807) is 48.5 Å². The molecule has 31 heavy (non-hydrogen) atoms. The summed E-state index contributed by atoms with van der Waals surface area (Å²) in [6, 6.07) is 18.3. The van der Waals surface area contributed by atoms with Crippen LogP contribution < -0.4 is 5.32 Å². The smallest absolute Gasteiger partial charge is 0.364 e. The molecule has 0 aliphatic carbocycles. The van der Waals surface area contributed by atoms with Crippen molar-refractivity contribution in [2.75, 3.05) is 5.32 Å². The van der Waals surface area contributed by atoms with Crippen LogP contribution in [0, 0.1) is 10.1 Å². The molecule has 156 valence electrons. The predicted molar refractivity (Wildman–Crippen MR) is 111 cm³/mol. The van der Waals surface area contributed by atoms with Gasteiger partial charge in [-0.3, -0.25) is 10.1 Å². The maximum atomic E-state index is 15.1. The molecule has 0 saturated carbocycles. The Kier molecular flexibility index (Phi) is 4.08. The molecule has 0 amide bonds. The van der Waals surface area contributed by atoms with E-state index in [0.717, 1.165) is 17.7 Å². The minimum atomic E-state index is -4.75. The largest absolute Gasteiger partial charge is 0.420 e. The quantitative estimate of drug-likeness (QED) is 0.312. The van der Waals surface area contributed by atoms with Crippen LogP contribution in [0.1, 0.15) is 22.4 Å². The van der Waals surface area contributed by atoms with Crippen molar-refractivity contribution in [2.24, 2.45) is 0 Å². The first-order valence-electron chi connectivity index (χ1n) is 9.59. The number of hydrogen-bond acceptors (Lipinski definition) is 3. The number of para-hydroxylation sites is 2. The highest BCUT2D eigenvalue weighted by Crippen LogP contribution is 2.52. The van der Waals surface area contributed by atoms with Crippen LogP contribution in [-0.4, -0.2) is 16.1 Å². The van der Waals surface area contributed by atoms with Crippen molar-refractivity contribution >= 4 is 22.3 Å². The molecule has 1 aromatic heterocycles. The standard InChI is InChI=1S/C23H16F3N3O2/c24-23(25,26)22(15-9-11-16(12-10-15)29(30)31)21-17-6-2-4-8-19(17)27-20(21)13-14-5-1-3-7-18(14)28-22/h1-12,27-28H,13H2/t22-/m0/s1. The first-order chi connectivity index (χ1) is 14.8. The summed E-state index contributed by atoms with van der Waals surface area (Å²) in [5.74, 6) is 0. The van der Waals surface area contributed by atoms with Crippen molar-refractivity contribution in [2.45, 2.75) is 18.1 Å². The van der Waals surface area contributed by atoms with Crippen LogP contribution in [0.2, 0.25) is 0 Å². The van der Waals surface area contributed by atoms with Gasteiger partial charge >= 0.3 is 6.18 Å². The van der Waals surface area contributed by atoms with E-state index in [-0.39, 0.29) is 23.2 Å². The maximum Gasteiger partial charge on any atom is 0.420 e. The fourth-order valence-electron chi connectivity index (χ4n) is 4.44. The lowest BCUT2D eigenvalue weighted by Crippen LogP contribution is -2.50. The molecule has 3 aromatic carbocycles. The van der Waals surface area contributed by atoms with Gasteiger partial charge in [-0.2, -0.15) is 13.2 Å². The lowest BCUT2D eigenvalue weighted by atomic mass is 9.80. The van der Waals surface area contributed by atoms with Gasteiger partial charge in [0, 0.05) is 46.4 Å². The highest BCUT2D eigenvalue weighted by Gasteiger charge is 2.60. The van der Waals surface area contributed by atoms with E-state index in [4.69, 9.17) is 0 Å². The van der Waals surface area contributed by atoms with Crippen LogP contribution in [-0.2, 0) is 12.0 Å². The summed E-state index contributed by atoms with van der Waals surface area (Å²) >= 11 is 0. The normalized spacial score (nSPS) is 18.0. The van der Waals surface area contributed by atoms with Crippen molar-refractivity contribution in [3.8, 4) is 0 Å². The molecule has 4 aromatic rings. The number of fused-ring (bicyclic) bond motifs is 4. The Bertz CT molecular complexity index is 1310. The lowest BCUT2D eigenvalue weighted by molar-refractivity contribution is -0.384. The van der Waals surface area contributed by atoms with Crippen molar-refractivity contribution in [3.63, 3.8) is 0 Å². The number of benzene rings is 3. The average Bonchev–Trinajstić information content (AvgIpc) is 3.02. The number of nitro benzene ring substituents is 1. The highest BCUT2D eigenvalue weighted by molar-refractivity contribution is 5.88. The Morgan fingerprint density at radius 1 is 0.935 bits per heavy atom. The Balaban J connectivity index is 1.89. The minimum absolute atomic E-state index is 0.0839. The lowest BCUT2D eigenvalue weighted by Gasteiger charge is -2.38. The summed E-state index contributed by atoms with van der Waals surface area (Å²) in [5, 5.41) is 14.3. The van der Waals surface area contributed by atoms with Crippen LogP contribution in [0.4, 0.5) is 24.5 Å². The molecule has 0 unspecified atom stereocenters. The van der Waals surface area contributed by atoms with Gasteiger partial charge < -0.3 is 10.3 Å². The van der Waals surface area contributed by atoms with Gasteiger partial charge in [0.25, 0.3) is 5.69 Å². The number of nitrogens with one attached hydrogen (secondary N) is 2. The van der Waals surface area contributed by atoms with E-state index in [0.29, 0.717) is 22.3 Å². The molecule has 0 radical (unpaired) electrons. The summed E-state index contributed by atoms with van der Waals surface area (Å²) < 4.78 is 45.3. The van der Waals surface area contributed by atoms with Crippen molar-refractivity contribution in [1.29, 1.82) is 0 Å². The number of nitrogens with zero attached hydrogens (tertiary/aromatic N) is 1. The van der Waals surface area contributed by atoms with Gasteiger partial charge in [0.05, 0.1) is 4.92 Å². The van der Waals surface area contributed by atoms with E-state index in [2.05, 4.69) is 10.3 Å². The molecule has 0 fully saturated rings. The Labute approximate surface area is 174 Å². The molecular formula is C23H16F3N3O2. The van der Waals surface area contributed by atoms with E-state index < -0.39 is 16.6 Å². The predicted octanol–water partition coefficient (Wildman–Crippen LogP) is 5.90. The van der Waals surface area contributed by atoms with E-state index in [9.17, 15) is 10.1 Å². The number of nitro groups is 1. The second kappa shape index (κ2) is 6.60. The monoisotopic (exact) mass is 423 g/mol. The van der Waals surface area contributed by atoms with Crippen LogP contribution in [0.5, 0.6) is 0 Å². The van der Waals surface area contributed by atoms with Gasteiger partial charge in [0.1, 0.15) is 0 Å². The third-order valence-corrected chi connectivity index (χ3v) is 5.80. The topological polar surface area (TPSA) is 71.0 Å². The first kappa shape index (κ1) is 19.2. The molecule has 8 heteroatoms. The summed E-state index contributed by atoms with van der Waals surface area (Å²) in [6.45, 7) is 0. The molecule has 1 aliphatic heterocycles. The molecule has 0 spiro atoms. The van der Waals surface area contributed by atoms with Gasteiger partial charge in [-0.05, 0) is 35.4 Å². The van der Waals surface area contributed by atoms with Gasteiger partial charge in [0.15, 0.2) is 5.54 Å². The van der Waals surface area contributed by atoms with Gasteiger partial charge in [0.2, 0.25) is 0 Å². The highest BCUT2D eigenvalue weighted by atomic mass is 19.4. The van der Waals surface area contributed by atoms with Crippen LogP contribution in [0.25, 0.3) is 10.9 Å². The summed E-state index contributed by atoms with van der Waals surface area (Å²) in [6.07, 6.45) is -4.46. The first-order valence-corrected chi connectivity index (χ1v) is 9.59. The molecule has 2 heterocycles. The van der Waals surface area contributed by atoms with E-state index >= 15 is 13.2 Å². The zero-order chi connectivity index (χ0) is 21.8.